The average molecular weight is 325 g/mol. The van der Waals surface area contributed by atoms with E-state index in [2.05, 4.69) is 10.6 Å². The van der Waals surface area contributed by atoms with E-state index in [1.54, 1.807) is 6.26 Å². The summed E-state index contributed by atoms with van der Waals surface area (Å²) >= 11 is 7.54. The molecule has 0 saturated carbocycles. The Hall–Kier alpha value is -1.30. The van der Waals surface area contributed by atoms with Gasteiger partial charge in [-0.15, -0.1) is 11.3 Å². The summed E-state index contributed by atoms with van der Waals surface area (Å²) in [5, 5.41) is 6.37. The Labute approximate surface area is 132 Å². The number of carbonyl (C=O) groups excluding carboxylic acids is 1. The lowest BCUT2D eigenvalue weighted by molar-refractivity contribution is -0.123. The molecule has 0 radical (unpaired) electrons. The van der Waals surface area contributed by atoms with Crippen LogP contribution in [0.3, 0.4) is 0 Å². The van der Waals surface area contributed by atoms with Crippen LogP contribution < -0.4 is 10.6 Å². The molecule has 3 rings (SSSR count). The zero-order chi connectivity index (χ0) is 14.7. The van der Waals surface area contributed by atoms with Gasteiger partial charge in [-0.3, -0.25) is 10.1 Å². The Kier molecular flexibility index (Phi) is 4.63. The van der Waals surface area contributed by atoms with Gasteiger partial charge in [-0.05, 0) is 43.5 Å². The molecule has 2 unspecified atom stereocenters. The Morgan fingerprint density at radius 2 is 2.29 bits per heavy atom. The first-order valence-corrected chi connectivity index (χ1v) is 8.26. The number of rotatable bonds is 4. The third-order valence-electron chi connectivity index (χ3n) is 3.61. The van der Waals surface area contributed by atoms with Crippen LogP contribution in [0, 0.1) is 0 Å². The Morgan fingerprint density at radius 3 is 3.00 bits per heavy atom. The third-order valence-corrected chi connectivity index (χ3v) is 4.91. The van der Waals surface area contributed by atoms with E-state index in [-0.39, 0.29) is 18.0 Å². The minimum absolute atomic E-state index is 0.0618. The Morgan fingerprint density at radius 1 is 1.38 bits per heavy atom. The first-order chi connectivity index (χ1) is 10.2. The fourth-order valence-electron chi connectivity index (χ4n) is 2.54. The quantitative estimate of drug-likeness (QED) is 0.907. The molecule has 0 aromatic carbocycles. The van der Waals surface area contributed by atoms with E-state index in [1.165, 1.54) is 11.3 Å². The second-order valence-electron chi connectivity index (χ2n) is 5.10. The lowest BCUT2D eigenvalue weighted by atomic mass is 10.1. The van der Waals surface area contributed by atoms with E-state index >= 15 is 0 Å². The van der Waals surface area contributed by atoms with Gasteiger partial charge in [0.05, 0.1) is 16.6 Å². The largest absolute Gasteiger partial charge is 0.467 e. The number of hydrogen-bond donors (Lipinski definition) is 2. The van der Waals surface area contributed by atoms with Crippen LogP contribution in [-0.4, -0.2) is 18.5 Å². The molecular weight excluding hydrogens is 308 g/mol. The summed E-state index contributed by atoms with van der Waals surface area (Å²) in [4.78, 5) is 13.2. The van der Waals surface area contributed by atoms with E-state index in [0.29, 0.717) is 0 Å². The lowest BCUT2D eigenvalue weighted by Crippen LogP contribution is -2.44. The van der Waals surface area contributed by atoms with Crippen LogP contribution in [0.4, 0.5) is 0 Å². The highest BCUT2D eigenvalue weighted by molar-refractivity contribution is 7.16. The SMILES string of the molecule is O=C1NCCCCC1NC(c1ccco1)c1ccc(Cl)s1. The van der Waals surface area contributed by atoms with Gasteiger partial charge in [0.1, 0.15) is 11.8 Å². The predicted octanol–water partition coefficient (Wildman–Crippen LogP) is 3.34. The first-order valence-electron chi connectivity index (χ1n) is 7.06. The number of nitrogens with one attached hydrogen (secondary N) is 2. The molecule has 3 heterocycles. The Bertz CT molecular complexity index is 597. The highest BCUT2D eigenvalue weighted by Crippen LogP contribution is 2.32. The van der Waals surface area contributed by atoms with Crippen molar-refractivity contribution in [1.29, 1.82) is 0 Å². The molecule has 6 heteroatoms. The van der Waals surface area contributed by atoms with Crippen LogP contribution in [0.2, 0.25) is 4.34 Å². The van der Waals surface area contributed by atoms with E-state index in [4.69, 9.17) is 16.0 Å². The maximum Gasteiger partial charge on any atom is 0.237 e. The summed E-state index contributed by atoms with van der Waals surface area (Å²) in [6, 6.07) is 7.26. The van der Waals surface area contributed by atoms with Crippen molar-refractivity contribution in [3.8, 4) is 0 Å². The van der Waals surface area contributed by atoms with E-state index in [0.717, 1.165) is 40.8 Å². The third kappa shape index (κ3) is 3.48. The van der Waals surface area contributed by atoms with Crippen molar-refractivity contribution in [3.05, 3.63) is 45.5 Å². The van der Waals surface area contributed by atoms with Crippen molar-refractivity contribution in [3.63, 3.8) is 0 Å². The molecule has 1 fully saturated rings. The van der Waals surface area contributed by atoms with Gasteiger partial charge in [0, 0.05) is 11.4 Å². The van der Waals surface area contributed by atoms with Crippen molar-refractivity contribution < 1.29 is 9.21 Å². The second kappa shape index (κ2) is 6.64. The molecule has 1 aliphatic heterocycles. The fraction of sp³-hybridized carbons (Fsp3) is 0.400. The number of hydrogen-bond acceptors (Lipinski definition) is 4. The van der Waals surface area contributed by atoms with Crippen molar-refractivity contribution in [1.82, 2.24) is 10.6 Å². The molecule has 112 valence electrons. The van der Waals surface area contributed by atoms with Gasteiger partial charge in [0.25, 0.3) is 0 Å². The summed E-state index contributed by atoms with van der Waals surface area (Å²) < 4.78 is 6.27. The molecular formula is C15H17ClN2O2S. The molecule has 2 aromatic heterocycles. The zero-order valence-corrected chi connectivity index (χ0v) is 13.0. The molecule has 1 aliphatic rings. The van der Waals surface area contributed by atoms with Gasteiger partial charge in [-0.25, -0.2) is 0 Å². The average Bonchev–Trinajstić information content (AvgIpc) is 3.09. The number of amides is 1. The van der Waals surface area contributed by atoms with Crippen LogP contribution in [-0.2, 0) is 4.79 Å². The van der Waals surface area contributed by atoms with Crippen molar-refractivity contribution in [2.24, 2.45) is 0 Å². The number of halogens is 1. The summed E-state index contributed by atoms with van der Waals surface area (Å²) in [5.41, 5.74) is 0. The summed E-state index contributed by atoms with van der Waals surface area (Å²) in [7, 11) is 0. The van der Waals surface area contributed by atoms with Gasteiger partial charge in [0.15, 0.2) is 0 Å². The molecule has 0 bridgehead atoms. The molecule has 2 aromatic rings. The Balaban J connectivity index is 1.84. The number of furan rings is 1. The van der Waals surface area contributed by atoms with Gasteiger partial charge in [0.2, 0.25) is 5.91 Å². The highest BCUT2D eigenvalue weighted by Gasteiger charge is 2.27. The standard InChI is InChI=1S/C15H17ClN2O2S/c16-13-7-6-12(21-13)14(11-5-3-9-20-11)18-10-4-1-2-8-17-15(10)19/h3,5-7,9-10,14,18H,1-2,4,8H2,(H,17,19). The zero-order valence-electron chi connectivity index (χ0n) is 11.5. The minimum atomic E-state index is -0.205. The minimum Gasteiger partial charge on any atom is -0.467 e. The molecule has 1 saturated heterocycles. The summed E-state index contributed by atoms with van der Waals surface area (Å²) in [6.45, 7) is 0.757. The molecule has 4 nitrogen and oxygen atoms in total. The van der Waals surface area contributed by atoms with Crippen molar-refractivity contribution >= 4 is 28.8 Å². The summed E-state index contributed by atoms with van der Waals surface area (Å²) in [5.74, 6) is 0.859. The monoisotopic (exact) mass is 324 g/mol. The lowest BCUT2D eigenvalue weighted by Gasteiger charge is -2.21. The number of thiophene rings is 1. The van der Waals surface area contributed by atoms with Gasteiger partial charge < -0.3 is 9.73 Å². The van der Waals surface area contributed by atoms with E-state index in [9.17, 15) is 4.79 Å². The van der Waals surface area contributed by atoms with Gasteiger partial charge >= 0.3 is 0 Å². The van der Waals surface area contributed by atoms with Gasteiger partial charge in [-0.2, -0.15) is 0 Å². The van der Waals surface area contributed by atoms with Crippen LogP contribution in [0.25, 0.3) is 0 Å². The molecule has 0 spiro atoms. The van der Waals surface area contributed by atoms with Crippen LogP contribution >= 0.6 is 22.9 Å². The smallest absolute Gasteiger partial charge is 0.237 e. The maximum absolute atomic E-state index is 12.1. The molecule has 0 aliphatic carbocycles. The van der Waals surface area contributed by atoms with Crippen LogP contribution in [0.1, 0.15) is 35.9 Å². The predicted molar refractivity (Wildman–Crippen MR) is 83.7 cm³/mol. The number of carbonyl (C=O) groups is 1. The molecule has 1 amide bonds. The normalized spacial score (nSPS) is 20.8. The fourth-order valence-corrected chi connectivity index (χ4v) is 3.67. The maximum atomic E-state index is 12.1. The molecule has 2 atom stereocenters. The van der Waals surface area contributed by atoms with Crippen LogP contribution in [0.5, 0.6) is 0 Å². The summed E-state index contributed by atoms with van der Waals surface area (Å²) in [6.07, 6.45) is 4.54. The van der Waals surface area contributed by atoms with Crippen LogP contribution in [0.15, 0.2) is 34.9 Å². The molecule has 21 heavy (non-hydrogen) atoms. The second-order valence-corrected chi connectivity index (χ2v) is 6.84. The van der Waals surface area contributed by atoms with E-state index < -0.39 is 0 Å². The molecule has 2 N–H and O–H groups in total. The van der Waals surface area contributed by atoms with Gasteiger partial charge in [-0.1, -0.05) is 11.6 Å². The van der Waals surface area contributed by atoms with Crippen molar-refractivity contribution in [2.75, 3.05) is 6.54 Å². The van der Waals surface area contributed by atoms with Crippen molar-refractivity contribution in [2.45, 2.75) is 31.3 Å². The first kappa shape index (κ1) is 14.6. The van der Waals surface area contributed by atoms with E-state index in [1.807, 2.05) is 24.3 Å². The topological polar surface area (TPSA) is 54.3 Å². The highest BCUT2D eigenvalue weighted by atomic mass is 35.5.